The van der Waals surface area contributed by atoms with E-state index in [1.165, 1.54) is 0 Å². The van der Waals surface area contributed by atoms with Crippen molar-refractivity contribution >= 4 is 12.1 Å². The van der Waals surface area contributed by atoms with Crippen LogP contribution >= 0.6 is 0 Å². The van der Waals surface area contributed by atoms with Crippen LogP contribution in [0.3, 0.4) is 0 Å². The lowest BCUT2D eigenvalue weighted by Gasteiger charge is -2.32. The number of nitrogens with zero attached hydrogens (tertiary/aromatic N) is 3. The van der Waals surface area contributed by atoms with Gasteiger partial charge in [-0.2, -0.15) is 0 Å². The molecule has 2 heterocycles. The molecule has 144 valence electrons. The Morgan fingerprint density at radius 2 is 2.12 bits per heavy atom. The van der Waals surface area contributed by atoms with E-state index < -0.39 is 0 Å². The summed E-state index contributed by atoms with van der Waals surface area (Å²) in [6.07, 6.45) is 3.21. The minimum absolute atomic E-state index is 0.228. The first kappa shape index (κ1) is 19.8. The topological polar surface area (TPSA) is 88.1 Å². The maximum atomic E-state index is 11.8. The molecule has 0 spiro atoms. The fourth-order valence-electron chi connectivity index (χ4n) is 2.81. The van der Waals surface area contributed by atoms with Crippen LogP contribution in [0.1, 0.15) is 32.3 Å². The number of ether oxygens (including phenoxy) is 2. The second kappa shape index (κ2) is 10.5. The van der Waals surface area contributed by atoms with Crippen molar-refractivity contribution < 1.29 is 14.3 Å². The van der Waals surface area contributed by atoms with E-state index in [0.29, 0.717) is 38.7 Å². The molecule has 1 saturated heterocycles. The molecule has 0 aromatic carbocycles. The molecule has 1 aliphatic rings. The number of nitrogens with one attached hydrogen (secondary N) is 2. The summed E-state index contributed by atoms with van der Waals surface area (Å²) >= 11 is 0. The van der Waals surface area contributed by atoms with E-state index in [0.717, 1.165) is 24.4 Å². The summed E-state index contributed by atoms with van der Waals surface area (Å²) in [6, 6.07) is 4.14. The predicted molar refractivity (Wildman–Crippen MR) is 100 cm³/mol. The molecule has 0 bridgehead atoms. The van der Waals surface area contributed by atoms with Crippen LogP contribution in [0.2, 0.25) is 0 Å². The first-order valence-corrected chi connectivity index (χ1v) is 9.13. The maximum Gasteiger partial charge on any atom is 0.409 e. The number of carbonyl (C=O) groups is 1. The maximum absolute atomic E-state index is 11.8. The zero-order chi connectivity index (χ0) is 18.8. The zero-order valence-corrected chi connectivity index (χ0v) is 15.8. The molecule has 2 rings (SSSR count). The van der Waals surface area contributed by atoms with E-state index in [9.17, 15) is 4.79 Å². The third kappa shape index (κ3) is 5.79. The van der Waals surface area contributed by atoms with Gasteiger partial charge in [0.25, 0.3) is 0 Å². The van der Waals surface area contributed by atoms with Crippen molar-refractivity contribution in [2.75, 3.05) is 33.4 Å². The number of guanidine groups is 1. The molecule has 8 nitrogen and oxygen atoms in total. The summed E-state index contributed by atoms with van der Waals surface area (Å²) in [5.41, 5.74) is 0.981. The third-order valence-corrected chi connectivity index (χ3v) is 4.16. The predicted octanol–water partition coefficient (Wildman–Crippen LogP) is 1.77. The van der Waals surface area contributed by atoms with Gasteiger partial charge in [0.2, 0.25) is 5.88 Å². The number of likely N-dealkylation sites (tertiary alicyclic amines) is 1. The number of hydrogen-bond donors (Lipinski definition) is 2. The van der Waals surface area contributed by atoms with Gasteiger partial charge in [-0.15, -0.1) is 0 Å². The normalized spacial score (nSPS) is 15.5. The summed E-state index contributed by atoms with van der Waals surface area (Å²) in [5.74, 6) is 1.37. The second-order valence-electron chi connectivity index (χ2n) is 5.93. The largest absolute Gasteiger partial charge is 0.478 e. The number of rotatable bonds is 6. The van der Waals surface area contributed by atoms with Gasteiger partial charge in [0.15, 0.2) is 5.96 Å². The van der Waals surface area contributed by atoms with Crippen LogP contribution in [0.5, 0.6) is 5.88 Å². The molecule has 26 heavy (non-hydrogen) atoms. The molecule has 0 atom stereocenters. The van der Waals surface area contributed by atoms with Gasteiger partial charge in [-0.25, -0.2) is 9.78 Å². The monoisotopic (exact) mass is 363 g/mol. The van der Waals surface area contributed by atoms with Gasteiger partial charge in [0, 0.05) is 44.5 Å². The van der Waals surface area contributed by atoms with Crippen LogP contribution in [0, 0.1) is 0 Å². The van der Waals surface area contributed by atoms with E-state index >= 15 is 0 Å². The SMILES string of the molecule is CCOC(=O)N1CCC(NC(=NC)NCc2cccnc2OCC)CC1. The van der Waals surface area contributed by atoms with Crippen LogP contribution in [0.4, 0.5) is 4.79 Å². The third-order valence-electron chi connectivity index (χ3n) is 4.16. The highest BCUT2D eigenvalue weighted by molar-refractivity contribution is 5.80. The van der Waals surface area contributed by atoms with Crippen molar-refractivity contribution in [3.05, 3.63) is 23.9 Å². The van der Waals surface area contributed by atoms with E-state index in [2.05, 4.69) is 20.6 Å². The molecule has 1 aromatic rings. The first-order valence-electron chi connectivity index (χ1n) is 9.13. The fourth-order valence-corrected chi connectivity index (χ4v) is 2.81. The molecule has 8 heteroatoms. The van der Waals surface area contributed by atoms with Crippen molar-refractivity contribution in [3.8, 4) is 5.88 Å². The summed E-state index contributed by atoms with van der Waals surface area (Å²) in [4.78, 5) is 22.0. The lowest BCUT2D eigenvalue weighted by Crippen LogP contribution is -2.49. The van der Waals surface area contributed by atoms with Gasteiger partial charge >= 0.3 is 6.09 Å². The van der Waals surface area contributed by atoms with Crippen molar-refractivity contribution in [1.82, 2.24) is 20.5 Å². The average molecular weight is 363 g/mol. The molecule has 1 aliphatic heterocycles. The number of carbonyl (C=O) groups excluding carboxylic acids is 1. The van der Waals surface area contributed by atoms with Crippen molar-refractivity contribution in [1.29, 1.82) is 0 Å². The van der Waals surface area contributed by atoms with Crippen molar-refractivity contribution in [2.45, 2.75) is 39.3 Å². The van der Waals surface area contributed by atoms with Gasteiger partial charge in [0.1, 0.15) is 0 Å². The van der Waals surface area contributed by atoms with E-state index in [-0.39, 0.29) is 12.1 Å². The highest BCUT2D eigenvalue weighted by Gasteiger charge is 2.24. The quantitative estimate of drug-likeness (QED) is 0.592. The number of aliphatic imine (C=N–C) groups is 1. The molecular formula is C18H29N5O3. The molecule has 0 aliphatic carbocycles. The van der Waals surface area contributed by atoms with Gasteiger partial charge in [-0.1, -0.05) is 6.07 Å². The Hall–Kier alpha value is -2.51. The van der Waals surface area contributed by atoms with Crippen molar-refractivity contribution in [2.24, 2.45) is 4.99 Å². The smallest absolute Gasteiger partial charge is 0.409 e. The molecule has 1 amide bonds. The number of pyridine rings is 1. The van der Waals surface area contributed by atoms with Crippen LogP contribution in [0.15, 0.2) is 23.3 Å². The average Bonchev–Trinajstić information content (AvgIpc) is 2.67. The van der Waals surface area contributed by atoms with Crippen LogP contribution in [-0.2, 0) is 11.3 Å². The molecule has 0 radical (unpaired) electrons. The molecule has 2 N–H and O–H groups in total. The number of hydrogen-bond acceptors (Lipinski definition) is 5. The number of aromatic nitrogens is 1. The fraction of sp³-hybridized carbons (Fsp3) is 0.611. The van der Waals surface area contributed by atoms with Crippen LogP contribution in [0.25, 0.3) is 0 Å². The Balaban J connectivity index is 1.81. The molecular weight excluding hydrogens is 334 g/mol. The summed E-state index contributed by atoms with van der Waals surface area (Å²) in [7, 11) is 1.75. The highest BCUT2D eigenvalue weighted by Crippen LogP contribution is 2.14. The van der Waals surface area contributed by atoms with Gasteiger partial charge in [-0.3, -0.25) is 4.99 Å². The molecule has 0 saturated carbocycles. The van der Waals surface area contributed by atoms with Crippen molar-refractivity contribution in [3.63, 3.8) is 0 Å². The Morgan fingerprint density at radius 3 is 2.77 bits per heavy atom. The summed E-state index contributed by atoms with van der Waals surface area (Å²) in [5, 5.41) is 6.72. The standard InChI is InChI=1S/C18H29N5O3/c1-4-25-16-14(7-6-10-20-16)13-21-17(19-3)22-15-8-11-23(12-9-15)18(24)26-5-2/h6-7,10,15H,4-5,8-9,11-13H2,1-3H3,(H2,19,21,22). The lowest BCUT2D eigenvalue weighted by molar-refractivity contribution is 0.0963. The molecule has 1 fully saturated rings. The van der Waals surface area contributed by atoms with Crippen LogP contribution < -0.4 is 15.4 Å². The Bertz CT molecular complexity index is 600. The zero-order valence-electron chi connectivity index (χ0n) is 15.8. The minimum Gasteiger partial charge on any atom is -0.478 e. The second-order valence-corrected chi connectivity index (χ2v) is 5.93. The summed E-state index contributed by atoms with van der Waals surface area (Å²) < 4.78 is 10.6. The Morgan fingerprint density at radius 1 is 1.35 bits per heavy atom. The minimum atomic E-state index is -0.228. The highest BCUT2D eigenvalue weighted by atomic mass is 16.6. The summed E-state index contributed by atoms with van der Waals surface area (Å²) in [6.45, 7) is 6.69. The molecule has 0 unspecified atom stereocenters. The first-order chi connectivity index (χ1) is 12.7. The van der Waals surface area contributed by atoms with E-state index in [4.69, 9.17) is 9.47 Å². The van der Waals surface area contributed by atoms with Crippen LogP contribution in [-0.4, -0.2) is 61.3 Å². The lowest BCUT2D eigenvalue weighted by atomic mass is 10.1. The number of piperidine rings is 1. The van der Waals surface area contributed by atoms with Gasteiger partial charge in [0.05, 0.1) is 13.2 Å². The Labute approximate surface area is 155 Å². The van der Waals surface area contributed by atoms with Gasteiger partial charge in [-0.05, 0) is 32.8 Å². The van der Waals surface area contributed by atoms with E-state index in [1.54, 1.807) is 18.1 Å². The van der Waals surface area contributed by atoms with Gasteiger partial charge < -0.3 is 25.0 Å². The number of amides is 1. The van der Waals surface area contributed by atoms with E-state index in [1.807, 2.05) is 26.0 Å². The Kier molecular flexibility index (Phi) is 7.98. The molecule has 1 aromatic heterocycles.